The summed E-state index contributed by atoms with van der Waals surface area (Å²) in [6.45, 7) is 2.91. The summed E-state index contributed by atoms with van der Waals surface area (Å²) < 4.78 is 0. The van der Waals surface area contributed by atoms with E-state index in [2.05, 4.69) is 16.9 Å². The molecule has 15 heavy (non-hydrogen) atoms. The van der Waals surface area contributed by atoms with E-state index in [-0.39, 0.29) is 0 Å². The van der Waals surface area contributed by atoms with Gasteiger partial charge in [-0.25, -0.2) is 9.97 Å². The second kappa shape index (κ2) is 3.73. The highest BCUT2D eigenvalue weighted by Crippen LogP contribution is 2.20. The largest absolute Gasteiger partial charge is 0.381 e. The number of fused-ring (bicyclic) bond motifs is 1. The van der Waals surface area contributed by atoms with Crippen molar-refractivity contribution in [1.82, 2.24) is 9.97 Å². The zero-order chi connectivity index (χ0) is 10.8. The van der Waals surface area contributed by atoms with Crippen molar-refractivity contribution in [2.75, 3.05) is 24.2 Å². The number of hydrogen-bond acceptors (Lipinski definition) is 4. The second-order valence-electron chi connectivity index (χ2n) is 3.44. The van der Waals surface area contributed by atoms with E-state index in [1.165, 1.54) is 0 Å². The number of nitrogen functional groups attached to an aromatic ring is 1. The minimum Gasteiger partial charge on any atom is -0.381 e. The van der Waals surface area contributed by atoms with Gasteiger partial charge in [0.1, 0.15) is 0 Å². The van der Waals surface area contributed by atoms with Gasteiger partial charge in [-0.2, -0.15) is 0 Å². The maximum Gasteiger partial charge on any atom is 0.171 e. The second-order valence-corrected chi connectivity index (χ2v) is 3.44. The monoisotopic (exact) mass is 202 g/mol. The van der Waals surface area contributed by atoms with Crippen LogP contribution in [0, 0.1) is 0 Å². The van der Waals surface area contributed by atoms with E-state index in [0.29, 0.717) is 5.82 Å². The molecule has 0 unspecified atom stereocenters. The molecule has 0 spiro atoms. The van der Waals surface area contributed by atoms with Gasteiger partial charge in [-0.15, -0.1) is 0 Å². The first-order chi connectivity index (χ1) is 7.22. The van der Waals surface area contributed by atoms with E-state index in [9.17, 15) is 0 Å². The molecule has 0 fully saturated rings. The van der Waals surface area contributed by atoms with Gasteiger partial charge in [-0.05, 0) is 19.1 Å². The van der Waals surface area contributed by atoms with Crippen LogP contribution in [-0.4, -0.2) is 23.6 Å². The summed E-state index contributed by atoms with van der Waals surface area (Å²) in [7, 11) is 1.95. The Hall–Kier alpha value is -1.84. The van der Waals surface area contributed by atoms with Gasteiger partial charge in [0.25, 0.3) is 0 Å². The van der Waals surface area contributed by atoms with E-state index >= 15 is 0 Å². The van der Waals surface area contributed by atoms with Crippen molar-refractivity contribution in [2.24, 2.45) is 0 Å². The molecule has 0 amide bonds. The Morgan fingerprint density at radius 2 is 1.80 bits per heavy atom. The quantitative estimate of drug-likeness (QED) is 0.804. The van der Waals surface area contributed by atoms with Crippen LogP contribution in [0.4, 0.5) is 11.6 Å². The van der Waals surface area contributed by atoms with Gasteiger partial charge in [0, 0.05) is 13.6 Å². The van der Waals surface area contributed by atoms with Crippen LogP contribution in [0.15, 0.2) is 24.3 Å². The van der Waals surface area contributed by atoms with Crippen LogP contribution in [0.3, 0.4) is 0 Å². The maximum atomic E-state index is 5.85. The molecule has 0 aliphatic rings. The summed E-state index contributed by atoms with van der Waals surface area (Å²) in [5.41, 5.74) is 7.56. The number of hydrogen-bond donors (Lipinski definition) is 1. The van der Waals surface area contributed by atoms with E-state index in [1.807, 2.05) is 36.2 Å². The minimum absolute atomic E-state index is 0.484. The van der Waals surface area contributed by atoms with Gasteiger partial charge in [-0.1, -0.05) is 12.1 Å². The normalized spacial score (nSPS) is 10.5. The van der Waals surface area contributed by atoms with Gasteiger partial charge in [-0.3, -0.25) is 0 Å². The van der Waals surface area contributed by atoms with Crippen LogP contribution in [0.2, 0.25) is 0 Å². The molecule has 2 N–H and O–H groups in total. The van der Waals surface area contributed by atoms with E-state index < -0.39 is 0 Å². The van der Waals surface area contributed by atoms with Crippen LogP contribution >= 0.6 is 0 Å². The average Bonchev–Trinajstić information content (AvgIpc) is 2.27. The number of nitrogens with two attached hydrogens (primary N) is 1. The van der Waals surface area contributed by atoms with Gasteiger partial charge in [0.2, 0.25) is 0 Å². The first-order valence-electron chi connectivity index (χ1n) is 4.95. The highest BCUT2D eigenvalue weighted by Gasteiger charge is 2.08. The molecular weight excluding hydrogens is 188 g/mol. The van der Waals surface area contributed by atoms with Crippen molar-refractivity contribution in [3.05, 3.63) is 24.3 Å². The third kappa shape index (κ3) is 1.70. The van der Waals surface area contributed by atoms with Crippen LogP contribution in [-0.2, 0) is 0 Å². The number of benzene rings is 1. The lowest BCUT2D eigenvalue weighted by Crippen LogP contribution is -2.19. The molecular formula is C11H14N4. The summed E-state index contributed by atoms with van der Waals surface area (Å²) in [5, 5.41) is 0. The molecule has 0 aliphatic heterocycles. The first-order valence-corrected chi connectivity index (χ1v) is 4.95. The molecule has 2 rings (SSSR count). The van der Waals surface area contributed by atoms with E-state index in [4.69, 9.17) is 5.73 Å². The van der Waals surface area contributed by atoms with Crippen LogP contribution in [0.1, 0.15) is 6.92 Å². The summed E-state index contributed by atoms with van der Waals surface area (Å²) in [6, 6.07) is 7.73. The summed E-state index contributed by atoms with van der Waals surface area (Å²) in [5.74, 6) is 1.23. The van der Waals surface area contributed by atoms with Gasteiger partial charge >= 0.3 is 0 Å². The zero-order valence-electron chi connectivity index (χ0n) is 8.94. The van der Waals surface area contributed by atoms with Crippen molar-refractivity contribution in [3.8, 4) is 0 Å². The Balaban J connectivity index is 2.61. The van der Waals surface area contributed by atoms with E-state index in [1.54, 1.807) is 0 Å². The predicted octanol–water partition coefficient (Wildman–Crippen LogP) is 1.67. The van der Waals surface area contributed by atoms with Crippen molar-refractivity contribution >= 4 is 22.7 Å². The van der Waals surface area contributed by atoms with Gasteiger partial charge < -0.3 is 10.6 Å². The van der Waals surface area contributed by atoms with Crippen LogP contribution in [0.5, 0.6) is 0 Å². The SMILES string of the molecule is CCN(C)c1nc2ccccc2nc1N. The fourth-order valence-electron chi connectivity index (χ4n) is 1.44. The number of rotatable bonds is 2. The molecule has 1 heterocycles. The highest BCUT2D eigenvalue weighted by molar-refractivity contribution is 5.79. The van der Waals surface area contributed by atoms with Crippen molar-refractivity contribution in [2.45, 2.75) is 6.92 Å². The molecule has 0 atom stereocenters. The standard InChI is InChI=1S/C11H14N4/c1-3-15(2)11-10(12)13-8-6-4-5-7-9(8)14-11/h4-7H,3H2,1-2H3,(H2,12,13). The Kier molecular flexibility index (Phi) is 2.41. The molecule has 2 aromatic rings. The molecule has 1 aromatic carbocycles. The molecule has 0 saturated heterocycles. The fourth-order valence-corrected chi connectivity index (χ4v) is 1.44. The minimum atomic E-state index is 0.484. The summed E-state index contributed by atoms with van der Waals surface area (Å²) in [6.07, 6.45) is 0. The van der Waals surface area contributed by atoms with Crippen LogP contribution < -0.4 is 10.6 Å². The topological polar surface area (TPSA) is 55.0 Å². The molecule has 0 saturated carbocycles. The maximum absolute atomic E-state index is 5.85. The van der Waals surface area contributed by atoms with E-state index in [0.717, 1.165) is 23.4 Å². The van der Waals surface area contributed by atoms with Crippen LogP contribution in [0.25, 0.3) is 11.0 Å². The summed E-state index contributed by atoms with van der Waals surface area (Å²) in [4.78, 5) is 10.8. The Bertz CT molecular complexity index is 481. The number of anilines is 2. The Labute approximate surface area is 88.7 Å². The molecule has 0 radical (unpaired) electrons. The lowest BCUT2D eigenvalue weighted by Gasteiger charge is -2.17. The molecule has 1 aromatic heterocycles. The average molecular weight is 202 g/mol. The van der Waals surface area contributed by atoms with Gasteiger partial charge in [0.15, 0.2) is 11.6 Å². The Morgan fingerprint density at radius 3 is 2.40 bits per heavy atom. The Morgan fingerprint density at radius 1 is 1.20 bits per heavy atom. The lowest BCUT2D eigenvalue weighted by atomic mass is 10.3. The molecule has 4 heteroatoms. The number of para-hydroxylation sites is 2. The highest BCUT2D eigenvalue weighted by atomic mass is 15.2. The lowest BCUT2D eigenvalue weighted by molar-refractivity contribution is 0.941. The third-order valence-corrected chi connectivity index (χ3v) is 2.41. The number of aromatic nitrogens is 2. The number of nitrogens with zero attached hydrogens (tertiary/aromatic N) is 3. The smallest absolute Gasteiger partial charge is 0.171 e. The van der Waals surface area contributed by atoms with Crippen molar-refractivity contribution < 1.29 is 0 Å². The predicted molar refractivity (Wildman–Crippen MR) is 62.9 cm³/mol. The fraction of sp³-hybridized carbons (Fsp3) is 0.273. The molecule has 0 bridgehead atoms. The van der Waals surface area contributed by atoms with Crippen molar-refractivity contribution in [1.29, 1.82) is 0 Å². The third-order valence-electron chi connectivity index (χ3n) is 2.41. The van der Waals surface area contributed by atoms with Gasteiger partial charge in [0.05, 0.1) is 11.0 Å². The first kappa shape index (κ1) is 9.71. The summed E-state index contributed by atoms with van der Waals surface area (Å²) >= 11 is 0. The molecule has 78 valence electrons. The zero-order valence-corrected chi connectivity index (χ0v) is 8.94. The molecule has 4 nitrogen and oxygen atoms in total. The molecule has 0 aliphatic carbocycles. The van der Waals surface area contributed by atoms with Crippen molar-refractivity contribution in [3.63, 3.8) is 0 Å².